The fourth-order valence-corrected chi connectivity index (χ4v) is 4.01. The van der Waals surface area contributed by atoms with Gasteiger partial charge in [0.05, 0.1) is 13.2 Å². The highest BCUT2D eigenvalue weighted by molar-refractivity contribution is 6.31. The summed E-state index contributed by atoms with van der Waals surface area (Å²) < 4.78 is 5.53. The summed E-state index contributed by atoms with van der Waals surface area (Å²) in [4.78, 5) is 2.49. The first-order chi connectivity index (χ1) is 11.7. The van der Waals surface area contributed by atoms with Gasteiger partial charge in [0, 0.05) is 55.2 Å². The molecular weight excluding hydrogens is 324 g/mol. The minimum absolute atomic E-state index is 0.280. The normalized spacial score (nSPS) is 28.0. The zero-order chi connectivity index (χ0) is 16.9. The van der Waals surface area contributed by atoms with Crippen molar-refractivity contribution >= 4 is 11.6 Å². The SMILES string of the molecule is CC(NCC(c1ccccc1Cl)N1CCOCC1)C1CNNC1C. The molecule has 1 aromatic carbocycles. The van der Waals surface area contributed by atoms with Gasteiger partial charge in [0.2, 0.25) is 0 Å². The predicted molar refractivity (Wildman–Crippen MR) is 98.1 cm³/mol. The zero-order valence-electron chi connectivity index (χ0n) is 14.6. The summed E-state index contributed by atoms with van der Waals surface area (Å²) in [5.41, 5.74) is 7.77. The van der Waals surface area contributed by atoms with Crippen molar-refractivity contribution in [3.8, 4) is 0 Å². The van der Waals surface area contributed by atoms with Gasteiger partial charge in [0.25, 0.3) is 0 Å². The molecule has 0 radical (unpaired) electrons. The fraction of sp³-hybridized carbons (Fsp3) is 0.667. The van der Waals surface area contributed by atoms with Gasteiger partial charge >= 0.3 is 0 Å². The van der Waals surface area contributed by atoms with Gasteiger partial charge in [-0.05, 0) is 25.5 Å². The Bertz CT molecular complexity index is 523. The topological polar surface area (TPSA) is 48.6 Å². The molecule has 0 aromatic heterocycles. The van der Waals surface area contributed by atoms with Crippen LogP contribution in [0.2, 0.25) is 5.02 Å². The van der Waals surface area contributed by atoms with E-state index in [-0.39, 0.29) is 6.04 Å². The van der Waals surface area contributed by atoms with Crippen molar-refractivity contribution in [3.05, 3.63) is 34.9 Å². The van der Waals surface area contributed by atoms with E-state index in [9.17, 15) is 0 Å². The number of nitrogens with one attached hydrogen (secondary N) is 3. The minimum Gasteiger partial charge on any atom is -0.379 e. The minimum atomic E-state index is 0.280. The summed E-state index contributed by atoms with van der Waals surface area (Å²) >= 11 is 6.50. The number of halogens is 1. The Labute approximate surface area is 150 Å². The van der Waals surface area contributed by atoms with Crippen LogP contribution in [-0.4, -0.2) is 56.4 Å². The van der Waals surface area contributed by atoms with Crippen LogP contribution >= 0.6 is 11.6 Å². The Balaban J connectivity index is 1.69. The Morgan fingerprint density at radius 1 is 1.33 bits per heavy atom. The highest BCUT2D eigenvalue weighted by Crippen LogP contribution is 2.28. The lowest BCUT2D eigenvalue weighted by Gasteiger charge is -2.36. The van der Waals surface area contributed by atoms with E-state index in [1.807, 2.05) is 12.1 Å². The lowest BCUT2D eigenvalue weighted by molar-refractivity contribution is 0.0154. The number of hydrazine groups is 1. The summed E-state index contributed by atoms with van der Waals surface area (Å²) in [5, 5.41) is 4.61. The van der Waals surface area contributed by atoms with Gasteiger partial charge in [-0.1, -0.05) is 29.8 Å². The predicted octanol–water partition coefficient (Wildman–Crippen LogP) is 1.80. The molecule has 5 nitrogen and oxygen atoms in total. The molecule has 2 fully saturated rings. The molecular formula is C18H29ClN4O. The summed E-state index contributed by atoms with van der Waals surface area (Å²) in [6, 6.07) is 9.41. The van der Waals surface area contributed by atoms with Gasteiger partial charge in [-0.15, -0.1) is 0 Å². The molecule has 6 heteroatoms. The van der Waals surface area contributed by atoms with Crippen LogP contribution in [0, 0.1) is 5.92 Å². The van der Waals surface area contributed by atoms with Crippen molar-refractivity contribution in [3.63, 3.8) is 0 Å². The maximum atomic E-state index is 6.50. The van der Waals surface area contributed by atoms with E-state index in [4.69, 9.17) is 16.3 Å². The number of ether oxygens (including phenoxy) is 1. The quantitative estimate of drug-likeness (QED) is 0.729. The van der Waals surface area contributed by atoms with Crippen LogP contribution in [0.1, 0.15) is 25.5 Å². The lowest BCUT2D eigenvalue weighted by atomic mass is 9.95. The van der Waals surface area contributed by atoms with E-state index < -0.39 is 0 Å². The van der Waals surface area contributed by atoms with Crippen LogP contribution in [0.3, 0.4) is 0 Å². The maximum absolute atomic E-state index is 6.50. The van der Waals surface area contributed by atoms with Crippen molar-refractivity contribution in [1.29, 1.82) is 0 Å². The zero-order valence-corrected chi connectivity index (χ0v) is 15.4. The van der Waals surface area contributed by atoms with Crippen molar-refractivity contribution in [2.24, 2.45) is 5.92 Å². The largest absolute Gasteiger partial charge is 0.379 e. The highest BCUT2D eigenvalue weighted by atomic mass is 35.5. The molecule has 0 amide bonds. The molecule has 0 bridgehead atoms. The van der Waals surface area contributed by atoms with Crippen molar-refractivity contribution in [2.45, 2.75) is 32.0 Å². The van der Waals surface area contributed by atoms with Crippen molar-refractivity contribution in [1.82, 2.24) is 21.1 Å². The van der Waals surface area contributed by atoms with Crippen LogP contribution in [0.4, 0.5) is 0 Å². The first kappa shape index (κ1) is 18.1. The third kappa shape index (κ3) is 4.28. The number of morpholine rings is 1. The summed E-state index contributed by atoms with van der Waals surface area (Å²) in [6.07, 6.45) is 0. The molecule has 3 rings (SSSR count). The Morgan fingerprint density at radius 3 is 2.75 bits per heavy atom. The highest BCUT2D eigenvalue weighted by Gasteiger charge is 2.30. The number of rotatable bonds is 6. The molecule has 4 atom stereocenters. The molecule has 24 heavy (non-hydrogen) atoms. The fourth-order valence-electron chi connectivity index (χ4n) is 3.75. The monoisotopic (exact) mass is 352 g/mol. The van der Waals surface area contributed by atoms with Crippen LogP contribution < -0.4 is 16.2 Å². The Hall–Kier alpha value is -0.690. The van der Waals surface area contributed by atoms with Crippen LogP contribution in [0.5, 0.6) is 0 Å². The molecule has 2 saturated heterocycles. The average Bonchev–Trinajstić information content (AvgIpc) is 3.03. The molecule has 4 unspecified atom stereocenters. The summed E-state index contributed by atoms with van der Waals surface area (Å²) in [5.74, 6) is 0.585. The second kappa shape index (κ2) is 8.61. The van der Waals surface area contributed by atoms with Gasteiger partial charge < -0.3 is 10.1 Å². The van der Waals surface area contributed by atoms with E-state index in [0.717, 1.165) is 44.4 Å². The van der Waals surface area contributed by atoms with Gasteiger partial charge in [0.15, 0.2) is 0 Å². The van der Waals surface area contributed by atoms with Gasteiger partial charge in [-0.2, -0.15) is 0 Å². The van der Waals surface area contributed by atoms with E-state index in [2.05, 4.69) is 47.0 Å². The third-order valence-electron chi connectivity index (χ3n) is 5.34. The van der Waals surface area contributed by atoms with Crippen LogP contribution in [0.15, 0.2) is 24.3 Å². The second-order valence-corrected chi connectivity index (χ2v) is 7.27. The molecule has 134 valence electrons. The molecule has 3 N–H and O–H groups in total. The van der Waals surface area contributed by atoms with Crippen molar-refractivity contribution < 1.29 is 4.74 Å². The second-order valence-electron chi connectivity index (χ2n) is 6.86. The molecule has 0 spiro atoms. The van der Waals surface area contributed by atoms with Crippen molar-refractivity contribution in [2.75, 3.05) is 39.4 Å². The Kier molecular flexibility index (Phi) is 6.49. The molecule has 2 aliphatic heterocycles. The number of nitrogens with zero attached hydrogens (tertiary/aromatic N) is 1. The maximum Gasteiger partial charge on any atom is 0.0594 e. The third-order valence-corrected chi connectivity index (χ3v) is 5.68. The van der Waals surface area contributed by atoms with Gasteiger partial charge in [0.1, 0.15) is 0 Å². The standard InChI is InChI=1S/C18H29ClN4O/c1-13(16-11-21-22-14(16)2)20-12-18(23-7-9-24-10-8-23)15-5-3-4-6-17(15)19/h3-6,13-14,16,18,20-22H,7-12H2,1-2H3. The van der Waals surface area contributed by atoms with Crippen LogP contribution in [0.25, 0.3) is 0 Å². The van der Waals surface area contributed by atoms with Gasteiger partial charge in [-0.25, -0.2) is 0 Å². The molecule has 1 aromatic rings. The van der Waals surface area contributed by atoms with E-state index >= 15 is 0 Å². The average molecular weight is 353 g/mol. The number of hydrogen-bond acceptors (Lipinski definition) is 5. The molecule has 2 aliphatic rings. The first-order valence-corrected chi connectivity index (χ1v) is 9.32. The van der Waals surface area contributed by atoms with E-state index in [1.165, 1.54) is 5.56 Å². The molecule has 0 aliphatic carbocycles. The first-order valence-electron chi connectivity index (χ1n) is 8.95. The number of hydrogen-bond donors (Lipinski definition) is 3. The Morgan fingerprint density at radius 2 is 2.08 bits per heavy atom. The molecule has 0 saturated carbocycles. The lowest BCUT2D eigenvalue weighted by Crippen LogP contribution is -2.47. The van der Waals surface area contributed by atoms with E-state index in [0.29, 0.717) is 18.0 Å². The number of benzene rings is 1. The van der Waals surface area contributed by atoms with Gasteiger partial charge in [-0.3, -0.25) is 15.8 Å². The summed E-state index contributed by atoms with van der Waals surface area (Å²) in [7, 11) is 0. The van der Waals surface area contributed by atoms with Crippen LogP contribution in [-0.2, 0) is 4.74 Å². The summed E-state index contributed by atoms with van der Waals surface area (Å²) in [6.45, 7) is 9.91. The smallest absolute Gasteiger partial charge is 0.0594 e. The molecule has 2 heterocycles. The van der Waals surface area contributed by atoms with E-state index in [1.54, 1.807) is 0 Å².